The van der Waals surface area contributed by atoms with Crippen LogP contribution in [0.5, 0.6) is 17.2 Å². The van der Waals surface area contributed by atoms with Crippen LogP contribution in [-0.2, 0) is 21.5 Å². The zero-order chi connectivity index (χ0) is 26.8. The second-order valence-corrected chi connectivity index (χ2v) is 9.29. The maximum Gasteiger partial charge on any atom is 0.349 e. The summed E-state index contributed by atoms with van der Waals surface area (Å²) in [5.74, 6) is -0.0537. The van der Waals surface area contributed by atoms with E-state index in [4.69, 9.17) is 14.2 Å². The van der Waals surface area contributed by atoms with Crippen LogP contribution < -0.4 is 19.5 Å². The first kappa shape index (κ1) is 27.0. The van der Waals surface area contributed by atoms with Crippen LogP contribution in [0.1, 0.15) is 37.5 Å². The van der Waals surface area contributed by atoms with E-state index < -0.39 is 11.9 Å². The average molecular weight is 499 g/mol. The molecule has 0 saturated heterocycles. The predicted molar refractivity (Wildman–Crippen MR) is 141 cm³/mol. The van der Waals surface area contributed by atoms with Gasteiger partial charge in [-0.05, 0) is 52.4 Å². The molecular formula is C30H30N2O5. The summed E-state index contributed by atoms with van der Waals surface area (Å²) in [6.07, 6.45) is 1.44. The summed E-state index contributed by atoms with van der Waals surface area (Å²) in [4.78, 5) is 24.8. The van der Waals surface area contributed by atoms with Crippen molar-refractivity contribution in [2.24, 2.45) is 0 Å². The lowest BCUT2D eigenvalue weighted by Gasteiger charge is -2.19. The number of rotatable bonds is 9. The number of benzene rings is 3. The van der Waals surface area contributed by atoms with Gasteiger partial charge in [-0.3, -0.25) is 4.79 Å². The zero-order valence-electron chi connectivity index (χ0n) is 21.4. The summed E-state index contributed by atoms with van der Waals surface area (Å²) in [5.41, 5.74) is 2.59. The number of esters is 1. The van der Waals surface area contributed by atoms with Crippen molar-refractivity contribution in [1.29, 1.82) is 5.26 Å². The molecule has 37 heavy (non-hydrogen) atoms. The number of carbonyl (C=O) groups is 2. The van der Waals surface area contributed by atoms with E-state index in [-0.39, 0.29) is 29.1 Å². The first-order valence-corrected chi connectivity index (χ1v) is 11.8. The van der Waals surface area contributed by atoms with E-state index >= 15 is 0 Å². The Morgan fingerprint density at radius 2 is 1.68 bits per heavy atom. The molecule has 0 radical (unpaired) electrons. The number of hydrogen-bond donors (Lipinski definition) is 1. The van der Waals surface area contributed by atoms with Crippen molar-refractivity contribution >= 4 is 18.0 Å². The van der Waals surface area contributed by atoms with Crippen LogP contribution in [0.4, 0.5) is 0 Å². The first-order chi connectivity index (χ1) is 17.7. The van der Waals surface area contributed by atoms with Gasteiger partial charge in [0.1, 0.15) is 17.4 Å². The van der Waals surface area contributed by atoms with Gasteiger partial charge in [0.15, 0.2) is 18.1 Å². The quantitative estimate of drug-likeness (QED) is 0.188. The predicted octanol–water partition coefficient (Wildman–Crippen LogP) is 5.20. The van der Waals surface area contributed by atoms with Crippen molar-refractivity contribution in [2.75, 3.05) is 13.7 Å². The van der Waals surface area contributed by atoms with E-state index in [2.05, 4.69) is 26.1 Å². The highest BCUT2D eigenvalue weighted by molar-refractivity contribution is 6.01. The second-order valence-electron chi connectivity index (χ2n) is 9.29. The number of hydrogen-bond acceptors (Lipinski definition) is 6. The first-order valence-electron chi connectivity index (χ1n) is 11.8. The van der Waals surface area contributed by atoms with Crippen LogP contribution in [-0.4, -0.2) is 25.6 Å². The van der Waals surface area contributed by atoms with Crippen molar-refractivity contribution in [3.05, 3.63) is 95.1 Å². The van der Waals surface area contributed by atoms with Gasteiger partial charge in [0.2, 0.25) is 0 Å². The Hall–Kier alpha value is -4.57. The van der Waals surface area contributed by atoms with Gasteiger partial charge in [0, 0.05) is 6.54 Å². The minimum atomic E-state index is -0.598. The highest BCUT2D eigenvalue weighted by Crippen LogP contribution is 2.29. The van der Waals surface area contributed by atoms with E-state index in [0.29, 0.717) is 17.9 Å². The van der Waals surface area contributed by atoms with Gasteiger partial charge >= 0.3 is 5.97 Å². The van der Waals surface area contributed by atoms with E-state index in [9.17, 15) is 14.9 Å². The Labute approximate surface area is 217 Å². The smallest absolute Gasteiger partial charge is 0.349 e. The molecule has 0 aromatic heterocycles. The molecule has 0 spiro atoms. The standard InChI is InChI=1S/C30H30N2O5/c1-30(2,3)24-11-13-25(14-12-24)36-20-28(33)37-26-15-10-22(17-27(26)35-4)16-23(18-31)29(34)32-19-21-8-6-5-7-9-21/h5-17H,19-20H2,1-4H3,(H,32,34)/b23-16+. The normalized spacial score (nSPS) is 11.3. The van der Waals surface area contributed by atoms with Crippen molar-refractivity contribution in [3.63, 3.8) is 0 Å². The number of nitrogens with zero attached hydrogens (tertiary/aromatic N) is 1. The molecule has 1 N–H and O–H groups in total. The Morgan fingerprint density at radius 3 is 2.30 bits per heavy atom. The molecule has 0 aliphatic heterocycles. The van der Waals surface area contributed by atoms with Gasteiger partial charge in [-0.1, -0.05) is 69.3 Å². The molecule has 0 unspecified atom stereocenters. The van der Waals surface area contributed by atoms with Crippen molar-refractivity contribution < 1.29 is 23.8 Å². The molecule has 0 atom stereocenters. The van der Waals surface area contributed by atoms with Gasteiger partial charge in [0.25, 0.3) is 5.91 Å². The summed E-state index contributed by atoms with van der Waals surface area (Å²) in [7, 11) is 1.44. The molecule has 7 nitrogen and oxygen atoms in total. The largest absolute Gasteiger partial charge is 0.493 e. The molecule has 7 heteroatoms. The topological polar surface area (TPSA) is 97.6 Å². The van der Waals surface area contributed by atoms with E-state index in [1.165, 1.54) is 19.3 Å². The monoisotopic (exact) mass is 498 g/mol. The van der Waals surface area contributed by atoms with Crippen LogP contribution in [0.15, 0.2) is 78.4 Å². The molecule has 0 bridgehead atoms. The minimum Gasteiger partial charge on any atom is -0.493 e. The summed E-state index contributed by atoms with van der Waals surface area (Å²) in [5, 5.41) is 12.2. The van der Waals surface area contributed by atoms with Crippen LogP contribution in [0.25, 0.3) is 6.08 Å². The fourth-order valence-electron chi connectivity index (χ4n) is 3.39. The fraction of sp³-hybridized carbons (Fsp3) is 0.233. The molecule has 190 valence electrons. The molecule has 0 fully saturated rings. The molecule has 0 aliphatic carbocycles. The molecule has 3 aromatic carbocycles. The molecule has 3 aromatic rings. The Morgan fingerprint density at radius 1 is 0.973 bits per heavy atom. The van der Waals surface area contributed by atoms with Gasteiger partial charge < -0.3 is 19.5 Å². The Kier molecular flexibility index (Phi) is 9.06. The van der Waals surface area contributed by atoms with Crippen LogP contribution in [0.2, 0.25) is 0 Å². The van der Waals surface area contributed by atoms with E-state index in [1.807, 2.05) is 60.7 Å². The van der Waals surface area contributed by atoms with Crippen LogP contribution >= 0.6 is 0 Å². The lowest BCUT2D eigenvalue weighted by atomic mass is 9.87. The van der Waals surface area contributed by atoms with Gasteiger partial charge in [-0.15, -0.1) is 0 Å². The fourth-order valence-corrected chi connectivity index (χ4v) is 3.39. The maximum atomic E-state index is 12.5. The highest BCUT2D eigenvalue weighted by Gasteiger charge is 2.15. The van der Waals surface area contributed by atoms with Crippen molar-refractivity contribution in [2.45, 2.75) is 32.7 Å². The van der Waals surface area contributed by atoms with Crippen LogP contribution in [0, 0.1) is 11.3 Å². The third-order valence-electron chi connectivity index (χ3n) is 5.46. The van der Waals surface area contributed by atoms with Crippen LogP contribution in [0.3, 0.4) is 0 Å². The summed E-state index contributed by atoms with van der Waals surface area (Å²) >= 11 is 0. The number of amides is 1. The molecule has 1 amide bonds. The number of nitrogens with one attached hydrogen (secondary N) is 1. The number of ether oxygens (including phenoxy) is 3. The molecule has 0 aliphatic rings. The Balaban J connectivity index is 1.61. The average Bonchev–Trinajstić information content (AvgIpc) is 2.90. The third-order valence-corrected chi connectivity index (χ3v) is 5.46. The lowest BCUT2D eigenvalue weighted by Crippen LogP contribution is -2.23. The third kappa shape index (κ3) is 7.97. The lowest BCUT2D eigenvalue weighted by molar-refractivity contribution is -0.136. The summed E-state index contributed by atoms with van der Waals surface area (Å²) < 4.78 is 16.3. The number of nitriles is 1. The van der Waals surface area contributed by atoms with E-state index in [0.717, 1.165) is 11.1 Å². The van der Waals surface area contributed by atoms with Crippen molar-refractivity contribution in [1.82, 2.24) is 5.32 Å². The second kappa shape index (κ2) is 12.4. The molecule has 3 rings (SSSR count). The van der Waals surface area contributed by atoms with Crippen molar-refractivity contribution in [3.8, 4) is 23.3 Å². The van der Waals surface area contributed by atoms with Gasteiger partial charge in [0.05, 0.1) is 7.11 Å². The summed E-state index contributed by atoms with van der Waals surface area (Å²) in [6.45, 7) is 6.39. The zero-order valence-corrected chi connectivity index (χ0v) is 21.4. The van der Waals surface area contributed by atoms with Gasteiger partial charge in [-0.25, -0.2) is 4.79 Å². The molecule has 0 saturated carbocycles. The van der Waals surface area contributed by atoms with E-state index in [1.54, 1.807) is 12.1 Å². The molecular weight excluding hydrogens is 468 g/mol. The maximum absolute atomic E-state index is 12.5. The minimum absolute atomic E-state index is 0.0231. The Bertz CT molecular complexity index is 1300. The molecule has 0 heterocycles. The summed E-state index contributed by atoms with van der Waals surface area (Å²) in [6, 6.07) is 23.6. The van der Waals surface area contributed by atoms with Gasteiger partial charge in [-0.2, -0.15) is 5.26 Å². The number of methoxy groups -OCH3 is 1. The highest BCUT2D eigenvalue weighted by atomic mass is 16.6. The SMILES string of the molecule is COc1cc(/C=C(\C#N)C(=O)NCc2ccccc2)ccc1OC(=O)COc1ccc(C(C)(C)C)cc1. The number of carbonyl (C=O) groups excluding carboxylic acids is 2.